The largest absolute Gasteiger partial charge is 0.451 e. The van der Waals surface area contributed by atoms with E-state index in [1.165, 1.54) is 19.1 Å². The van der Waals surface area contributed by atoms with E-state index in [1.807, 2.05) is 6.92 Å². The molecule has 1 heterocycles. The molecule has 0 bridgehead atoms. The van der Waals surface area contributed by atoms with Crippen molar-refractivity contribution in [1.29, 1.82) is 0 Å². The van der Waals surface area contributed by atoms with Crippen molar-refractivity contribution >= 4 is 46.9 Å². The zero-order chi connectivity index (χ0) is 18.7. The topological polar surface area (TPSA) is 92.8 Å². The fourth-order valence-corrected chi connectivity index (χ4v) is 2.56. The van der Waals surface area contributed by atoms with Crippen LogP contribution in [0, 0.1) is 0 Å². The summed E-state index contributed by atoms with van der Waals surface area (Å²) < 4.78 is 4.96. The average Bonchev–Trinajstić information content (AvgIpc) is 2.78. The Labute approximate surface area is 154 Å². The Balaban J connectivity index is 2.04. The molecule has 1 atom stereocenters. The minimum atomic E-state index is -1.03. The van der Waals surface area contributed by atoms with Crippen LogP contribution in [0.3, 0.4) is 0 Å². The van der Waals surface area contributed by atoms with Gasteiger partial charge in [0.1, 0.15) is 6.54 Å². The van der Waals surface area contributed by atoms with Crippen LogP contribution in [0.5, 0.6) is 0 Å². The second-order valence-corrected chi connectivity index (χ2v) is 6.25. The molecule has 0 aliphatic carbocycles. The Kier molecular flexibility index (Phi) is 6.02. The van der Waals surface area contributed by atoms with Gasteiger partial charge in [0, 0.05) is 6.54 Å². The fourth-order valence-electron chi connectivity index (χ4n) is 2.24. The molecule has 1 aliphatic rings. The highest BCUT2D eigenvalue weighted by atomic mass is 35.5. The monoisotopic (exact) mass is 386 g/mol. The van der Waals surface area contributed by atoms with Gasteiger partial charge in [0.05, 0.1) is 21.2 Å². The van der Waals surface area contributed by atoms with Crippen LogP contribution >= 0.6 is 23.2 Å². The van der Waals surface area contributed by atoms with Crippen molar-refractivity contribution < 1.29 is 23.9 Å². The number of hydrogen-bond donors (Lipinski definition) is 1. The van der Waals surface area contributed by atoms with Gasteiger partial charge in [-0.1, -0.05) is 30.1 Å². The number of carbonyl (C=O) groups excluding carboxylic acids is 4. The van der Waals surface area contributed by atoms with E-state index in [-0.39, 0.29) is 21.2 Å². The third kappa shape index (κ3) is 4.11. The highest BCUT2D eigenvalue weighted by Gasteiger charge is 2.38. The molecular formula is C16H16Cl2N2O5. The molecule has 0 saturated carbocycles. The van der Waals surface area contributed by atoms with E-state index in [9.17, 15) is 19.2 Å². The van der Waals surface area contributed by atoms with Crippen molar-refractivity contribution in [1.82, 2.24) is 10.2 Å². The summed E-state index contributed by atoms with van der Waals surface area (Å²) >= 11 is 11.7. The molecule has 1 aromatic rings. The Morgan fingerprint density at radius 2 is 1.68 bits per heavy atom. The molecule has 0 spiro atoms. The molecule has 25 heavy (non-hydrogen) atoms. The number of rotatable bonds is 6. The normalized spacial score (nSPS) is 14.3. The standard InChI is InChI=1S/C16H16Cl2N2O5/c1-3-4-19-14(22)8(2)25-13(21)7-20-15(23)9-5-11(17)12(18)6-10(9)16(20)24/h5-6,8H,3-4,7H2,1-2H3,(H,19,22). The molecule has 1 aliphatic heterocycles. The van der Waals surface area contributed by atoms with Crippen LogP contribution in [-0.2, 0) is 14.3 Å². The number of esters is 1. The predicted octanol–water partition coefficient (Wildman–Crippen LogP) is 2.05. The second-order valence-electron chi connectivity index (χ2n) is 5.43. The van der Waals surface area contributed by atoms with Gasteiger partial charge in [-0.2, -0.15) is 0 Å². The highest BCUT2D eigenvalue weighted by Crippen LogP contribution is 2.31. The molecule has 134 valence electrons. The molecule has 0 aromatic heterocycles. The number of hydrogen-bond acceptors (Lipinski definition) is 5. The number of imide groups is 1. The van der Waals surface area contributed by atoms with Crippen LogP contribution in [0.25, 0.3) is 0 Å². The lowest BCUT2D eigenvalue weighted by Gasteiger charge is -2.16. The van der Waals surface area contributed by atoms with Crippen LogP contribution in [0.15, 0.2) is 12.1 Å². The zero-order valence-electron chi connectivity index (χ0n) is 13.6. The van der Waals surface area contributed by atoms with Crippen LogP contribution in [0.4, 0.5) is 0 Å². The first kappa shape index (κ1) is 19.2. The van der Waals surface area contributed by atoms with Gasteiger partial charge in [0.25, 0.3) is 17.7 Å². The Morgan fingerprint density at radius 3 is 2.16 bits per heavy atom. The van der Waals surface area contributed by atoms with Gasteiger partial charge in [0.15, 0.2) is 6.10 Å². The van der Waals surface area contributed by atoms with Crippen molar-refractivity contribution in [3.05, 3.63) is 33.3 Å². The third-order valence-electron chi connectivity index (χ3n) is 3.53. The summed E-state index contributed by atoms with van der Waals surface area (Å²) in [6, 6.07) is 2.57. The number of fused-ring (bicyclic) bond motifs is 1. The van der Waals surface area contributed by atoms with Crippen molar-refractivity contribution in [3.63, 3.8) is 0 Å². The number of benzene rings is 1. The fraction of sp³-hybridized carbons (Fsp3) is 0.375. The van der Waals surface area contributed by atoms with Gasteiger partial charge in [-0.15, -0.1) is 0 Å². The molecule has 0 fully saturated rings. The van der Waals surface area contributed by atoms with Gasteiger partial charge < -0.3 is 10.1 Å². The zero-order valence-corrected chi connectivity index (χ0v) is 15.1. The van der Waals surface area contributed by atoms with Gasteiger partial charge in [-0.05, 0) is 25.5 Å². The van der Waals surface area contributed by atoms with E-state index in [0.29, 0.717) is 6.54 Å². The SMILES string of the molecule is CCCNC(=O)C(C)OC(=O)CN1C(=O)c2cc(Cl)c(Cl)cc2C1=O. The summed E-state index contributed by atoms with van der Waals surface area (Å²) in [7, 11) is 0. The van der Waals surface area contributed by atoms with E-state index in [2.05, 4.69) is 5.32 Å². The lowest BCUT2D eigenvalue weighted by Crippen LogP contribution is -2.40. The summed E-state index contributed by atoms with van der Waals surface area (Å²) in [5, 5.41) is 2.85. The summed E-state index contributed by atoms with van der Waals surface area (Å²) in [5.41, 5.74) is 0.141. The summed E-state index contributed by atoms with van der Waals surface area (Å²) in [6.45, 7) is 3.15. The van der Waals surface area contributed by atoms with E-state index in [0.717, 1.165) is 11.3 Å². The van der Waals surface area contributed by atoms with Gasteiger partial charge in [0.2, 0.25) is 0 Å². The molecule has 9 heteroatoms. The smallest absolute Gasteiger partial charge is 0.326 e. The molecular weight excluding hydrogens is 371 g/mol. The van der Waals surface area contributed by atoms with Crippen molar-refractivity contribution in [3.8, 4) is 0 Å². The van der Waals surface area contributed by atoms with Crippen molar-refractivity contribution in [2.24, 2.45) is 0 Å². The van der Waals surface area contributed by atoms with Crippen molar-refractivity contribution in [2.45, 2.75) is 26.4 Å². The van der Waals surface area contributed by atoms with Crippen LogP contribution < -0.4 is 5.32 Å². The molecule has 1 N–H and O–H groups in total. The Bertz CT molecular complexity index is 709. The van der Waals surface area contributed by atoms with Gasteiger partial charge >= 0.3 is 5.97 Å². The number of halogens is 2. The molecule has 0 saturated heterocycles. The maximum Gasteiger partial charge on any atom is 0.326 e. The lowest BCUT2D eigenvalue weighted by molar-refractivity contribution is -0.154. The highest BCUT2D eigenvalue weighted by molar-refractivity contribution is 6.43. The predicted molar refractivity (Wildman–Crippen MR) is 90.7 cm³/mol. The quantitative estimate of drug-likeness (QED) is 0.596. The maximum atomic E-state index is 12.3. The van der Waals surface area contributed by atoms with Gasteiger partial charge in [-0.3, -0.25) is 24.1 Å². The molecule has 0 radical (unpaired) electrons. The molecule has 2 rings (SSSR count). The Hall–Kier alpha value is -2.12. The molecule has 1 unspecified atom stereocenters. The maximum absolute atomic E-state index is 12.3. The third-order valence-corrected chi connectivity index (χ3v) is 4.25. The van der Waals surface area contributed by atoms with E-state index >= 15 is 0 Å². The number of carbonyl (C=O) groups is 4. The van der Waals surface area contributed by atoms with Crippen LogP contribution in [0.2, 0.25) is 10.0 Å². The summed E-state index contributed by atoms with van der Waals surface area (Å²) in [5.74, 6) is -2.65. The van der Waals surface area contributed by atoms with Crippen LogP contribution in [-0.4, -0.2) is 47.8 Å². The Morgan fingerprint density at radius 1 is 1.16 bits per heavy atom. The summed E-state index contributed by atoms with van der Waals surface area (Å²) in [4.78, 5) is 49.0. The minimum Gasteiger partial charge on any atom is -0.451 e. The van der Waals surface area contributed by atoms with Gasteiger partial charge in [-0.25, -0.2) is 0 Å². The van der Waals surface area contributed by atoms with E-state index in [4.69, 9.17) is 27.9 Å². The first-order valence-corrected chi connectivity index (χ1v) is 8.34. The number of ether oxygens (including phenoxy) is 1. The van der Waals surface area contributed by atoms with E-state index < -0.39 is 36.3 Å². The average molecular weight is 387 g/mol. The van der Waals surface area contributed by atoms with Crippen LogP contribution in [0.1, 0.15) is 41.0 Å². The van der Waals surface area contributed by atoms with Crippen molar-refractivity contribution in [2.75, 3.05) is 13.1 Å². The number of nitrogens with one attached hydrogen (secondary N) is 1. The summed E-state index contributed by atoms with van der Waals surface area (Å²) in [6.07, 6.45) is -0.287. The number of nitrogens with zero attached hydrogens (tertiary/aromatic N) is 1. The van der Waals surface area contributed by atoms with E-state index in [1.54, 1.807) is 0 Å². The molecule has 7 nitrogen and oxygen atoms in total. The second kappa shape index (κ2) is 7.84. The first-order chi connectivity index (χ1) is 11.8. The minimum absolute atomic E-state index is 0.0703. The lowest BCUT2D eigenvalue weighted by atomic mass is 10.1. The molecule has 1 aromatic carbocycles. The number of amides is 3. The first-order valence-electron chi connectivity index (χ1n) is 7.58. The molecule has 3 amide bonds.